The van der Waals surface area contributed by atoms with Gasteiger partial charge < -0.3 is 5.11 Å². The minimum absolute atomic E-state index is 0.0877. The van der Waals surface area contributed by atoms with Gasteiger partial charge in [0, 0.05) is 11.5 Å². The number of aliphatic hydroxyl groups is 1. The topological polar surface area (TPSA) is 37.3 Å². The zero-order valence-corrected chi connectivity index (χ0v) is 8.94. The van der Waals surface area contributed by atoms with Crippen molar-refractivity contribution in [1.82, 2.24) is 0 Å². The molecule has 0 radical (unpaired) electrons. The number of rotatable bonds is 2. The van der Waals surface area contributed by atoms with Gasteiger partial charge in [-0.1, -0.05) is 30.7 Å². The number of carbonyl (C=O) groups excluding carboxylic acids is 1. The van der Waals surface area contributed by atoms with Crippen molar-refractivity contribution in [2.75, 3.05) is 0 Å². The van der Waals surface area contributed by atoms with Gasteiger partial charge in [-0.25, -0.2) is 0 Å². The highest BCUT2D eigenvalue weighted by atomic mass is 16.3. The molecule has 1 saturated carbocycles. The third-order valence-corrected chi connectivity index (χ3v) is 3.22. The predicted octanol–water partition coefficient (Wildman–Crippen LogP) is 2.52. The quantitative estimate of drug-likeness (QED) is 0.751. The van der Waals surface area contributed by atoms with Crippen molar-refractivity contribution in [2.24, 2.45) is 0 Å². The summed E-state index contributed by atoms with van der Waals surface area (Å²) in [5, 5.41) is 9.84. The molecular formula is C13H16O2. The Bertz CT molecular complexity index is 371. The lowest BCUT2D eigenvalue weighted by molar-refractivity contribution is 0.101. The SMILES string of the molecule is CC(=O)c1ccccc1[C@H]1CCC[C@@H]1O. The van der Waals surface area contributed by atoms with E-state index in [2.05, 4.69) is 0 Å². The van der Waals surface area contributed by atoms with Crippen LogP contribution >= 0.6 is 0 Å². The van der Waals surface area contributed by atoms with Crippen LogP contribution in [0.2, 0.25) is 0 Å². The second-order valence-corrected chi connectivity index (χ2v) is 4.25. The van der Waals surface area contributed by atoms with Gasteiger partial charge in [0.25, 0.3) is 0 Å². The highest BCUT2D eigenvalue weighted by Gasteiger charge is 2.28. The molecule has 2 nitrogen and oxygen atoms in total. The van der Waals surface area contributed by atoms with E-state index in [1.807, 2.05) is 24.3 Å². The lowest BCUT2D eigenvalue weighted by atomic mass is 9.90. The van der Waals surface area contributed by atoms with Crippen LogP contribution in [-0.2, 0) is 0 Å². The molecule has 0 heterocycles. The van der Waals surface area contributed by atoms with Crippen LogP contribution in [0.3, 0.4) is 0 Å². The van der Waals surface area contributed by atoms with Crippen molar-refractivity contribution in [1.29, 1.82) is 0 Å². The molecule has 0 amide bonds. The van der Waals surface area contributed by atoms with E-state index in [9.17, 15) is 9.90 Å². The Hall–Kier alpha value is -1.15. The van der Waals surface area contributed by atoms with Crippen LogP contribution in [0.5, 0.6) is 0 Å². The van der Waals surface area contributed by atoms with E-state index in [0.717, 1.165) is 30.4 Å². The van der Waals surface area contributed by atoms with Crippen molar-refractivity contribution in [3.8, 4) is 0 Å². The first-order chi connectivity index (χ1) is 7.20. The summed E-state index contributed by atoms with van der Waals surface area (Å²) in [4.78, 5) is 11.4. The van der Waals surface area contributed by atoms with E-state index in [-0.39, 0.29) is 17.8 Å². The summed E-state index contributed by atoms with van der Waals surface area (Å²) >= 11 is 0. The number of aliphatic hydroxyl groups excluding tert-OH is 1. The molecule has 1 aromatic rings. The van der Waals surface area contributed by atoms with E-state index in [0.29, 0.717) is 0 Å². The van der Waals surface area contributed by atoms with E-state index < -0.39 is 0 Å². The summed E-state index contributed by atoms with van der Waals surface area (Å²) < 4.78 is 0. The number of hydrogen-bond donors (Lipinski definition) is 1. The van der Waals surface area contributed by atoms with Gasteiger partial charge in [-0.15, -0.1) is 0 Å². The largest absolute Gasteiger partial charge is 0.392 e. The van der Waals surface area contributed by atoms with Crippen LogP contribution in [0, 0.1) is 0 Å². The Balaban J connectivity index is 2.38. The van der Waals surface area contributed by atoms with Crippen molar-refractivity contribution >= 4 is 5.78 Å². The summed E-state index contributed by atoms with van der Waals surface area (Å²) in [5.74, 6) is 0.245. The molecule has 1 aliphatic carbocycles. The molecular weight excluding hydrogens is 188 g/mol. The van der Waals surface area contributed by atoms with Crippen molar-refractivity contribution in [3.05, 3.63) is 35.4 Å². The molecule has 2 atom stereocenters. The Labute approximate surface area is 89.9 Å². The molecule has 0 aromatic heterocycles. The van der Waals surface area contributed by atoms with E-state index in [1.165, 1.54) is 0 Å². The lowest BCUT2D eigenvalue weighted by Gasteiger charge is -2.17. The number of Topliss-reactive ketones (excluding diaryl/α,β-unsaturated/α-hetero) is 1. The van der Waals surface area contributed by atoms with Gasteiger partial charge in [-0.3, -0.25) is 4.79 Å². The molecule has 1 aromatic carbocycles. The maximum absolute atomic E-state index is 11.4. The molecule has 1 N–H and O–H groups in total. The van der Waals surface area contributed by atoms with Crippen LogP contribution in [0.4, 0.5) is 0 Å². The summed E-state index contributed by atoms with van der Waals surface area (Å²) in [6.07, 6.45) is 2.63. The molecule has 0 saturated heterocycles. The molecule has 0 bridgehead atoms. The summed E-state index contributed by atoms with van der Waals surface area (Å²) in [6, 6.07) is 7.63. The monoisotopic (exact) mass is 204 g/mol. The standard InChI is InChI=1S/C13H16O2/c1-9(14)10-5-2-3-6-11(10)12-7-4-8-13(12)15/h2-3,5-6,12-13,15H,4,7-8H2,1H3/t12-,13+/m1/s1. The van der Waals surface area contributed by atoms with Gasteiger partial charge in [0.15, 0.2) is 5.78 Å². The molecule has 1 aliphatic rings. The minimum atomic E-state index is -0.273. The molecule has 0 unspecified atom stereocenters. The van der Waals surface area contributed by atoms with Crippen LogP contribution in [0.1, 0.15) is 48.0 Å². The second-order valence-electron chi connectivity index (χ2n) is 4.25. The highest BCUT2D eigenvalue weighted by Crippen LogP contribution is 2.36. The average Bonchev–Trinajstić information content (AvgIpc) is 2.64. The maximum atomic E-state index is 11.4. The van der Waals surface area contributed by atoms with Crippen LogP contribution in [0.15, 0.2) is 24.3 Å². The Kier molecular flexibility index (Phi) is 2.87. The Morgan fingerprint density at radius 1 is 1.33 bits per heavy atom. The third kappa shape index (κ3) is 1.95. The minimum Gasteiger partial charge on any atom is -0.392 e. The smallest absolute Gasteiger partial charge is 0.160 e. The summed E-state index contributed by atoms with van der Waals surface area (Å²) in [6.45, 7) is 1.58. The van der Waals surface area contributed by atoms with Crippen LogP contribution < -0.4 is 0 Å². The van der Waals surface area contributed by atoms with Crippen molar-refractivity contribution < 1.29 is 9.90 Å². The normalized spacial score (nSPS) is 25.5. The summed E-state index contributed by atoms with van der Waals surface area (Å²) in [5.41, 5.74) is 1.79. The first-order valence-electron chi connectivity index (χ1n) is 5.48. The molecule has 15 heavy (non-hydrogen) atoms. The van der Waals surface area contributed by atoms with E-state index in [4.69, 9.17) is 0 Å². The fourth-order valence-electron chi connectivity index (χ4n) is 2.44. The van der Waals surface area contributed by atoms with Gasteiger partial charge in [0.05, 0.1) is 6.10 Å². The van der Waals surface area contributed by atoms with Gasteiger partial charge in [0.1, 0.15) is 0 Å². The molecule has 1 fully saturated rings. The lowest BCUT2D eigenvalue weighted by Crippen LogP contribution is -2.14. The van der Waals surface area contributed by atoms with Crippen molar-refractivity contribution in [3.63, 3.8) is 0 Å². The summed E-state index contributed by atoms with van der Waals surface area (Å²) in [7, 11) is 0. The molecule has 2 heteroatoms. The van der Waals surface area contributed by atoms with Crippen molar-refractivity contribution in [2.45, 2.75) is 38.2 Å². The van der Waals surface area contributed by atoms with Crippen LogP contribution in [-0.4, -0.2) is 17.0 Å². The number of hydrogen-bond acceptors (Lipinski definition) is 2. The number of benzene rings is 1. The fraction of sp³-hybridized carbons (Fsp3) is 0.462. The first kappa shape index (κ1) is 10.4. The highest BCUT2D eigenvalue weighted by molar-refractivity contribution is 5.95. The number of carbonyl (C=O) groups is 1. The van der Waals surface area contributed by atoms with Gasteiger partial charge in [0.2, 0.25) is 0 Å². The average molecular weight is 204 g/mol. The molecule has 80 valence electrons. The third-order valence-electron chi connectivity index (χ3n) is 3.22. The number of ketones is 1. The zero-order valence-electron chi connectivity index (χ0n) is 8.94. The molecule has 0 aliphatic heterocycles. The van der Waals surface area contributed by atoms with Crippen LogP contribution in [0.25, 0.3) is 0 Å². The van der Waals surface area contributed by atoms with E-state index in [1.54, 1.807) is 6.92 Å². The molecule has 0 spiro atoms. The fourth-order valence-corrected chi connectivity index (χ4v) is 2.44. The van der Waals surface area contributed by atoms with Gasteiger partial charge in [-0.05, 0) is 25.3 Å². The Morgan fingerprint density at radius 2 is 2.07 bits per heavy atom. The zero-order chi connectivity index (χ0) is 10.8. The van der Waals surface area contributed by atoms with E-state index >= 15 is 0 Å². The second kappa shape index (κ2) is 4.15. The maximum Gasteiger partial charge on any atom is 0.160 e. The molecule has 2 rings (SSSR count). The van der Waals surface area contributed by atoms with Gasteiger partial charge in [-0.2, -0.15) is 0 Å². The Morgan fingerprint density at radius 3 is 2.67 bits per heavy atom. The predicted molar refractivity (Wildman–Crippen MR) is 59.0 cm³/mol. The first-order valence-corrected chi connectivity index (χ1v) is 5.48. The van der Waals surface area contributed by atoms with Gasteiger partial charge >= 0.3 is 0 Å².